The molecule has 0 saturated heterocycles. The Morgan fingerprint density at radius 2 is 2.40 bits per heavy atom. The molecule has 2 N–H and O–H groups in total. The summed E-state index contributed by atoms with van der Waals surface area (Å²) in [6, 6.07) is 4.98. The molecule has 0 aliphatic rings. The lowest BCUT2D eigenvalue weighted by molar-refractivity contribution is 0.738. The highest BCUT2D eigenvalue weighted by molar-refractivity contribution is 5.15. The second-order valence-electron chi connectivity index (χ2n) is 1.90. The lowest BCUT2D eigenvalue weighted by Crippen LogP contribution is -2.17. The van der Waals surface area contributed by atoms with Crippen molar-refractivity contribution >= 4 is 0 Å². The highest BCUT2D eigenvalue weighted by Gasteiger charge is 1.94. The zero-order chi connectivity index (χ0) is 12.6. The first kappa shape index (κ1) is 2.67. The van der Waals surface area contributed by atoms with E-state index in [1.807, 2.05) is 0 Å². The van der Waals surface area contributed by atoms with Crippen LogP contribution >= 0.6 is 0 Å². The zero-order valence-electron chi connectivity index (χ0n) is 11.5. The molecule has 1 atom stereocenters. The maximum absolute atomic E-state index is 7.72. The summed E-state index contributed by atoms with van der Waals surface area (Å²) in [5.41, 5.74) is 5.42. The molecule has 0 heterocycles. The first-order valence-corrected chi connectivity index (χ1v) is 2.95. The number of rotatable bonds is 2. The van der Waals surface area contributed by atoms with Crippen LogP contribution < -0.4 is 5.73 Å². The average molecular weight is 141 g/mol. The van der Waals surface area contributed by atoms with Crippen molar-refractivity contribution in [2.75, 3.05) is 0 Å². The highest BCUT2D eigenvalue weighted by Crippen LogP contribution is 2.00. The third-order valence-corrected chi connectivity index (χ3v) is 1.05. The van der Waals surface area contributed by atoms with Gasteiger partial charge in [0.15, 0.2) is 0 Å². The van der Waals surface area contributed by atoms with Gasteiger partial charge in [-0.25, -0.2) is 0 Å². The Labute approximate surface area is 70.3 Å². The van der Waals surface area contributed by atoms with Crippen LogP contribution in [0.25, 0.3) is 0 Å². The predicted molar refractivity (Wildman–Crippen MR) is 43.8 cm³/mol. The van der Waals surface area contributed by atoms with E-state index < -0.39 is 19.2 Å². The second kappa shape index (κ2) is 3.37. The normalized spacial score (nSPS) is 27.7. The summed E-state index contributed by atoms with van der Waals surface area (Å²) in [6.45, 7) is -2.90. The molecule has 0 saturated carbocycles. The SMILES string of the molecule is [2H]C([2H])([2H])[C@]([2H])(N)C([2H])([2H])c1ccccc1. The smallest absolute Gasteiger partial charge is 0.0463 e. The molecular formula is C9H13N. The van der Waals surface area contributed by atoms with Gasteiger partial charge in [-0.05, 0) is 18.8 Å². The second-order valence-corrected chi connectivity index (χ2v) is 1.90. The first-order valence-electron chi connectivity index (χ1n) is 5.95. The van der Waals surface area contributed by atoms with Crippen LogP contribution in [0.2, 0.25) is 0 Å². The van der Waals surface area contributed by atoms with Gasteiger partial charge in [-0.3, -0.25) is 0 Å². The molecule has 1 heteroatoms. The van der Waals surface area contributed by atoms with Crippen molar-refractivity contribution < 1.29 is 8.22 Å². The summed E-state index contributed by atoms with van der Waals surface area (Å²) in [6.07, 6.45) is -2.44. The molecule has 10 heavy (non-hydrogen) atoms. The van der Waals surface area contributed by atoms with E-state index in [9.17, 15) is 0 Å². The fourth-order valence-electron chi connectivity index (χ4n) is 0.677. The molecule has 0 radical (unpaired) electrons. The molecular weight excluding hydrogens is 122 g/mol. The van der Waals surface area contributed by atoms with Crippen LogP contribution in [0.15, 0.2) is 30.3 Å². The van der Waals surface area contributed by atoms with Gasteiger partial charge >= 0.3 is 0 Å². The van der Waals surface area contributed by atoms with Crippen LogP contribution in [0.1, 0.15) is 20.6 Å². The monoisotopic (exact) mass is 141 g/mol. The summed E-state index contributed by atoms with van der Waals surface area (Å²) < 4.78 is 44.4. The molecule has 1 rings (SSSR count). The van der Waals surface area contributed by atoms with Gasteiger partial charge in [0.05, 0.1) is 0 Å². The number of hydrogen-bond donors (Lipinski definition) is 1. The fourth-order valence-corrected chi connectivity index (χ4v) is 0.677. The standard InChI is InChI=1S/C9H13N/c1-8(10)7-9-5-3-2-4-6-9/h2-6,8H,7,10H2,1H3/t8-/m0/s1/i1D3,7D2,8D. The summed E-state index contributed by atoms with van der Waals surface area (Å²) in [5.74, 6) is 0. The maximum Gasteiger partial charge on any atom is 0.0463 e. The Morgan fingerprint density at radius 1 is 1.70 bits per heavy atom. The Bertz CT molecular complexity index is 356. The molecule has 0 aliphatic carbocycles. The van der Waals surface area contributed by atoms with Crippen molar-refractivity contribution in [3.63, 3.8) is 0 Å². The Morgan fingerprint density at radius 3 is 3.00 bits per heavy atom. The quantitative estimate of drug-likeness (QED) is 0.665. The van der Waals surface area contributed by atoms with Crippen molar-refractivity contribution in [2.45, 2.75) is 19.2 Å². The molecule has 0 amide bonds. The van der Waals surface area contributed by atoms with Crippen LogP contribution in [0.4, 0.5) is 0 Å². The minimum atomic E-state index is -2.90. The molecule has 0 aromatic heterocycles. The van der Waals surface area contributed by atoms with Gasteiger partial charge in [-0.2, -0.15) is 0 Å². The molecule has 0 aliphatic heterocycles. The summed E-state index contributed by atoms with van der Waals surface area (Å²) in [4.78, 5) is 0. The lowest BCUT2D eigenvalue weighted by Gasteiger charge is -2.02. The minimum absolute atomic E-state index is 0.0867. The number of benzene rings is 1. The van der Waals surface area contributed by atoms with Crippen molar-refractivity contribution in [3.05, 3.63) is 35.9 Å². The van der Waals surface area contributed by atoms with E-state index in [0.717, 1.165) is 0 Å². The minimum Gasteiger partial charge on any atom is -0.328 e. The molecule has 0 spiro atoms. The van der Waals surface area contributed by atoms with Crippen LogP contribution in [-0.2, 0) is 6.37 Å². The van der Waals surface area contributed by atoms with Gasteiger partial charge in [0.2, 0.25) is 0 Å². The van der Waals surface area contributed by atoms with Crippen LogP contribution in [0, 0.1) is 0 Å². The van der Waals surface area contributed by atoms with Crippen LogP contribution in [0.5, 0.6) is 0 Å². The van der Waals surface area contributed by atoms with Crippen LogP contribution in [-0.4, -0.2) is 6.02 Å². The third kappa shape index (κ3) is 2.19. The average Bonchev–Trinajstić information content (AvgIpc) is 2.17. The van der Waals surface area contributed by atoms with E-state index in [-0.39, 0.29) is 5.56 Å². The largest absolute Gasteiger partial charge is 0.328 e. The van der Waals surface area contributed by atoms with E-state index in [4.69, 9.17) is 14.0 Å². The summed E-state index contributed by atoms with van der Waals surface area (Å²) >= 11 is 0. The lowest BCUT2D eigenvalue weighted by atomic mass is 10.1. The van der Waals surface area contributed by atoms with E-state index in [2.05, 4.69) is 0 Å². The maximum atomic E-state index is 7.72. The zero-order valence-corrected chi connectivity index (χ0v) is 5.46. The topological polar surface area (TPSA) is 26.0 Å². The van der Waals surface area contributed by atoms with Crippen molar-refractivity contribution in [1.29, 1.82) is 0 Å². The van der Waals surface area contributed by atoms with E-state index in [0.29, 0.717) is 0 Å². The number of hydrogen-bond acceptors (Lipinski definition) is 1. The summed E-state index contributed by atoms with van der Waals surface area (Å²) in [7, 11) is 0. The molecule has 54 valence electrons. The Hall–Kier alpha value is -0.820. The fraction of sp³-hybridized carbons (Fsp3) is 0.333. The van der Waals surface area contributed by atoms with Crippen molar-refractivity contribution in [3.8, 4) is 0 Å². The van der Waals surface area contributed by atoms with Gasteiger partial charge < -0.3 is 5.73 Å². The molecule has 1 nitrogen and oxygen atoms in total. The van der Waals surface area contributed by atoms with Gasteiger partial charge in [0.25, 0.3) is 0 Å². The van der Waals surface area contributed by atoms with Gasteiger partial charge in [-0.15, -0.1) is 0 Å². The van der Waals surface area contributed by atoms with Gasteiger partial charge in [-0.1, -0.05) is 30.3 Å². The van der Waals surface area contributed by atoms with E-state index >= 15 is 0 Å². The third-order valence-electron chi connectivity index (χ3n) is 1.05. The number of nitrogens with two attached hydrogens (primary N) is 1. The molecule has 0 bridgehead atoms. The van der Waals surface area contributed by atoms with Crippen molar-refractivity contribution in [1.82, 2.24) is 0 Å². The molecule has 1 aromatic rings. The molecule has 0 unspecified atom stereocenters. The van der Waals surface area contributed by atoms with Gasteiger partial charge in [0, 0.05) is 14.2 Å². The van der Waals surface area contributed by atoms with Crippen LogP contribution in [0.3, 0.4) is 0 Å². The highest BCUT2D eigenvalue weighted by atomic mass is 14.6. The molecule has 0 fully saturated rings. The molecule has 1 aromatic carbocycles. The van der Waals surface area contributed by atoms with E-state index in [1.54, 1.807) is 18.2 Å². The summed E-state index contributed by atoms with van der Waals surface area (Å²) in [5, 5.41) is 0. The van der Waals surface area contributed by atoms with E-state index in [1.165, 1.54) is 12.1 Å². The predicted octanol–water partition coefficient (Wildman–Crippen LogP) is 1.58. The first-order chi connectivity index (χ1) is 7.11. The van der Waals surface area contributed by atoms with Gasteiger partial charge in [0.1, 0.15) is 0 Å². The van der Waals surface area contributed by atoms with Crippen molar-refractivity contribution in [2.24, 2.45) is 5.73 Å². The Balaban J connectivity index is 3.22. The Kier molecular flexibility index (Phi) is 0.899.